The maximum atomic E-state index is 6.17. The first-order valence-corrected chi connectivity index (χ1v) is 8.24. The van der Waals surface area contributed by atoms with E-state index in [4.69, 9.17) is 16.6 Å². The number of hydrogen-bond donors (Lipinski definition) is 0. The molecule has 0 amide bonds. The molecule has 0 bridgehead atoms. The third-order valence-electron chi connectivity index (χ3n) is 4.40. The summed E-state index contributed by atoms with van der Waals surface area (Å²) in [4.78, 5) is 4.92. The molecule has 1 aliphatic heterocycles. The molecule has 2 heterocycles. The Bertz CT molecular complexity index is 1110. The second-order valence-corrected chi connectivity index (χ2v) is 6.32. The van der Waals surface area contributed by atoms with Crippen molar-refractivity contribution in [1.82, 2.24) is 4.57 Å². The van der Waals surface area contributed by atoms with Crippen LogP contribution in [0.4, 0.5) is 5.69 Å². The second kappa shape index (κ2) is 5.08. The third kappa shape index (κ3) is 1.93. The molecule has 114 valence electrons. The summed E-state index contributed by atoms with van der Waals surface area (Å²) < 4.78 is 2.27. The SMILES string of the molecule is Clc1ccc2c(c1)cc1n2-c2ccccc2C1=Nc1ccccc1. The molecule has 0 N–H and O–H groups in total. The van der Waals surface area contributed by atoms with Gasteiger partial charge < -0.3 is 4.57 Å². The van der Waals surface area contributed by atoms with E-state index in [0.717, 1.165) is 38.6 Å². The molecule has 0 aliphatic carbocycles. The van der Waals surface area contributed by atoms with Crippen LogP contribution in [0.25, 0.3) is 16.6 Å². The molecule has 5 rings (SSSR count). The lowest BCUT2D eigenvalue weighted by atomic mass is 10.1. The van der Waals surface area contributed by atoms with E-state index in [1.165, 1.54) is 5.69 Å². The summed E-state index contributed by atoms with van der Waals surface area (Å²) in [5.41, 5.74) is 6.55. The van der Waals surface area contributed by atoms with Crippen molar-refractivity contribution in [3.05, 3.63) is 95.1 Å². The molecule has 24 heavy (non-hydrogen) atoms. The number of nitrogens with zero attached hydrogens (tertiary/aromatic N) is 2. The Hall–Kier alpha value is -2.84. The van der Waals surface area contributed by atoms with Crippen LogP contribution in [0.15, 0.2) is 83.9 Å². The van der Waals surface area contributed by atoms with Crippen LogP contribution in [-0.2, 0) is 0 Å². The van der Waals surface area contributed by atoms with Crippen LogP contribution in [0.5, 0.6) is 0 Å². The summed E-state index contributed by atoms with van der Waals surface area (Å²) in [6, 6.07) is 26.7. The van der Waals surface area contributed by atoms with Crippen molar-refractivity contribution in [2.45, 2.75) is 0 Å². The van der Waals surface area contributed by atoms with E-state index in [1.807, 2.05) is 42.5 Å². The van der Waals surface area contributed by atoms with Gasteiger partial charge in [-0.05, 0) is 42.5 Å². The molecule has 0 spiro atoms. The number of halogens is 1. The molecule has 0 unspecified atom stereocenters. The van der Waals surface area contributed by atoms with Gasteiger partial charge in [-0.25, -0.2) is 4.99 Å². The summed E-state index contributed by atoms with van der Waals surface area (Å²) in [6.45, 7) is 0. The predicted molar refractivity (Wildman–Crippen MR) is 100 cm³/mol. The van der Waals surface area contributed by atoms with E-state index in [2.05, 4.69) is 41.0 Å². The van der Waals surface area contributed by atoms with Crippen LogP contribution < -0.4 is 0 Å². The van der Waals surface area contributed by atoms with Crippen LogP contribution in [-0.4, -0.2) is 10.3 Å². The molecule has 3 aromatic carbocycles. The molecule has 3 heteroatoms. The average Bonchev–Trinajstić information content (AvgIpc) is 3.11. The van der Waals surface area contributed by atoms with Crippen molar-refractivity contribution in [3.63, 3.8) is 0 Å². The summed E-state index contributed by atoms with van der Waals surface area (Å²) in [6.07, 6.45) is 0. The monoisotopic (exact) mass is 328 g/mol. The fraction of sp³-hybridized carbons (Fsp3) is 0. The van der Waals surface area contributed by atoms with E-state index in [-0.39, 0.29) is 0 Å². The fourth-order valence-corrected chi connectivity index (χ4v) is 3.56. The van der Waals surface area contributed by atoms with E-state index >= 15 is 0 Å². The Kier molecular flexibility index (Phi) is 2.88. The van der Waals surface area contributed by atoms with Crippen LogP contribution >= 0.6 is 11.6 Å². The molecule has 0 fully saturated rings. The molecule has 4 aromatic rings. The smallest absolute Gasteiger partial charge is 0.0970 e. The summed E-state index contributed by atoms with van der Waals surface area (Å²) in [5, 5.41) is 1.88. The highest BCUT2D eigenvalue weighted by Gasteiger charge is 2.26. The zero-order chi connectivity index (χ0) is 16.1. The highest BCUT2D eigenvalue weighted by molar-refractivity contribution is 6.31. The second-order valence-electron chi connectivity index (χ2n) is 5.88. The highest BCUT2D eigenvalue weighted by atomic mass is 35.5. The normalized spacial score (nSPS) is 14.1. The van der Waals surface area contributed by atoms with Gasteiger partial charge in [0.2, 0.25) is 0 Å². The number of aliphatic imine (C=N–C) groups is 1. The zero-order valence-electron chi connectivity index (χ0n) is 12.8. The number of hydrogen-bond acceptors (Lipinski definition) is 1. The summed E-state index contributed by atoms with van der Waals surface area (Å²) in [7, 11) is 0. The number of fused-ring (bicyclic) bond motifs is 5. The van der Waals surface area contributed by atoms with Gasteiger partial charge in [0.25, 0.3) is 0 Å². The van der Waals surface area contributed by atoms with Crippen LogP contribution in [0.1, 0.15) is 11.3 Å². The van der Waals surface area contributed by atoms with Crippen LogP contribution in [0.2, 0.25) is 5.02 Å². The number of benzene rings is 3. The summed E-state index contributed by atoms with van der Waals surface area (Å²) in [5.74, 6) is 0. The fourth-order valence-electron chi connectivity index (χ4n) is 3.38. The van der Waals surface area contributed by atoms with Gasteiger partial charge in [-0.15, -0.1) is 0 Å². The molecule has 2 nitrogen and oxygen atoms in total. The molecule has 0 saturated carbocycles. The highest BCUT2D eigenvalue weighted by Crippen LogP contribution is 2.36. The lowest BCUT2D eigenvalue weighted by Crippen LogP contribution is -1.97. The van der Waals surface area contributed by atoms with Crippen molar-refractivity contribution in [2.24, 2.45) is 4.99 Å². The Balaban J connectivity index is 1.85. The minimum absolute atomic E-state index is 0.751. The van der Waals surface area contributed by atoms with E-state index < -0.39 is 0 Å². The summed E-state index contributed by atoms with van der Waals surface area (Å²) >= 11 is 6.17. The topological polar surface area (TPSA) is 17.3 Å². The number of para-hydroxylation sites is 2. The van der Waals surface area contributed by atoms with E-state index in [9.17, 15) is 0 Å². The maximum Gasteiger partial charge on any atom is 0.0970 e. The molecular weight excluding hydrogens is 316 g/mol. The molecular formula is C21H13ClN2. The molecule has 0 radical (unpaired) electrons. The van der Waals surface area contributed by atoms with Crippen molar-refractivity contribution in [3.8, 4) is 5.69 Å². The van der Waals surface area contributed by atoms with Gasteiger partial charge >= 0.3 is 0 Å². The Morgan fingerprint density at radius 2 is 1.58 bits per heavy atom. The molecule has 1 aliphatic rings. The molecule has 1 aromatic heterocycles. The standard InChI is InChI=1S/C21H13ClN2/c22-15-10-11-18-14(12-15)13-20-21(23-16-6-2-1-3-7-16)17-8-4-5-9-19(17)24(18)20/h1-13H. The van der Waals surface area contributed by atoms with Gasteiger partial charge in [0.15, 0.2) is 0 Å². The lowest BCUT2D eigenvalue weighted by Gasteiger charge is -2.03. The van der Waals surface area contributed by atoms with Gasteiger partial charge in [-0.1, -0.05) is 48.0 Å². The minimum Gasteiger partial charge on any atom is -0.307 e. The minimum atomic E-state index is 0.751. The zero-order valence-corrected chi connectivity index (χ0v) is 13.5. The van der Waals surface area contributed by atoms with Gasteiger partial charge in [-0.2, -0.15) is 0 Å². The average molecular weight is 329 g/mol. The van der Waals surface area contributed by atoms with Crippen molar-refractivity contribution < 1.29 is 0 Å². The Morgan fingerprint density at radius 1 is 0.792 bits per heavy atom. The van der Waals surface area contributed by atoms with E-state index in [1.54, 1.807) is 0 Å². The lowest BCUT2D eigenvalue weighted by molar-refractivity contribution is 1.14. The quantitative estimate of drug-likeness (QED) is 0.372. The Labute approximate surface area is 144 Å². The molecule has 0 atom stereocenters. The third-order valence-corrected chi connectivity index (χ3v) is 4.64. The Morgan fingerprint density at radius 3 is 2.46 bits per heavy atom. The van der Waals surface area contributed by atoms with Crippen molar-refractivity contribution in [2.75, 3.05) is 0 Å². The first kappa shape index (κ1) is 13.6. The first-order chi connectivity index (χ1) is 11.8. The van der Waals surface area contributed by atoms with Crippen LogP contribution in [0, 0.1) is 0 Å². The van der Waals surface area contributed by atoms with Gasteiger partial charge in [-0.3, -0.25) is 0 Å². The largest absolute Gasteiger partial charge is 0.307 e. The van der Waals surface area contributed by atoms with Gasteiger partial charge in [0.05, 0.1) is 28.3 Å². The van der Waals surface area contributed by atoms with Crippen molar-refractivity contribution >= 4 is 33.9 Å². The van der Waals surface area contributed by atoms with E-state index in [0.29, 0.717) is 0 Å². The number of aromatic nitrogens is 1. The van der Waals surface area contributed by atoms with Crippen LogP contribution in [0.3, 0.4) is 0 Å². The predicted octanol–water partition coefficient (Wildman–Crippen LogP) is 5.77. The molecule has 0 saturated heterocycles. The van der Waals surface area contributed by atoms with Gasteiger partial charge in [0, 0.05) is 16.0 Å². The maximum absolute atomic E-state index is 6.17. The van der Waals surface area contributed by atoms with Crippen molar-refractivity contribution in [1.29, 1.82) is 0 Å². The van der Waals surface area contributed by atoms with Gasteiger partial charge in [0.1, 0.15) is 0 Å². The first-order valence-electron chi connectivity index (χ1n) is 7.86. The number of rotatable bonds is 1.